The summed E-state index contributed by atoms with van der Waals surface area (Å²) < 4.78 is 6.87. The van der Waals surface area contributed by atoms with Gasteiger partial charge in [-0.15, -0.1) is 0 Å². The van der Waals surface area contributed by atoms with Gasteiger partial charge in [-0.05, 0) is 61.4 Å². The number of methoxy groups -OCH3 is 1. The molecule has 1 atom stereocenters. The van der Waals surface area contributed by atoms with E-state index < -0.39 is 6.04 Å². The minimum atomic E-state index is -0.466. The summed E-state index contributed by atoms with van der Waals surface area (Å²) in [6.07, 6.45) is 0.909. The van der Waals surface area contributed by atoms with Crippen molar-refractivity contribution in [1.82, 2.24) is 14.5 Å². The summed E-state index contributed by atoms with van der Waals surface area (Å²) in [4.78, 5) is 33.2. The number of nitrogens with zero attached hydrogens (tertiary/aromatic N) is 3. The maximum Gasteiger partial charge on any atom is 0.266 e. The molecule has 0 fully saturated rings. The number of aromatic nitrogens is 2. The summed E-state index contributed by atoms with van der Waals surface area (Å²) >= 11 is 0. The van der Waals surface area contributed by atoms with Gasteiger partial charge in [-0.2, -0.15) is 0 Å². The van der Waals surface area contributed by atoms with Gasteiger partial charge in [0.05, 0.1) is 29.7 Å². The van der Waals surface area contributed by atoms with Crippen LogP contribution in [0, 0.1) is 0 Å². The Kier molecular flexibility index (Phi) is 6.27. The van der Waals surface area contributed by atoms with E-state index in [4.69, 9.17) is 9.72 Å². The molecule has 1 aromatic heterocycles. The average Bonchev–Trinajstić information content (AvgIpc) is 2.87. The first-order valence-electron chi connectivity index (χ1n) is 11.0. The smallest absolute Gasteiger partial charge is 0.266 e. The second kappa shape index (κ2) is 9.28. The van der Waals surface area contributed by atoms with Gasteiger partial charge in [0.25, 0.3) is 11.5 Å². The number of carbonyl (C=O) groups is 1. The molecule has 0 aliphatic heterocycles. The van der Waals surface area contributed by atoms with Crippen LogP contribution in [0.1, 0.15) is 41.6 Å². The van der Waals surface area contributed by atoms with Gasteiger partial charge in [0.15, 0.2) is 0 Å². The number of para-hydroxylation sites is 1. The Morgan fingerprint density at radius 1 is 1.06 bits per heavy atom. The first-order chi connectivity index (χ1) is 15.9. The highest BCUT2D eigenvalue weighted by Crippen LogP contribution is 2.24. The monoisotopic (exact) mass is 441 g/mol. The molecule has 1 unspecified atom stereocenters. The highest BCUT2D eigenvalue weighted by molar-refractivity contribution is 5.94. The third-order valence-corrected chi connectivity index (χ3v) is 6.00. The number of hydrogen-bond acceptors (Lipinski definition) is 4. The quantitative estimate of drug-likeness (QED) is 0.432. The van der Waals surface area contributed by atoms with Crippen LogP contribution in [0.4, 0.5) is 0 Å². The van der Waals surface area contributed by atoms with Gasteiger partial charge in [0, 0.05) is 12.6 Å². The fourth-order valence-electron chi connectivity index (χ4n) is 3.87. The largest absolute Gasteiger partial charge is 0.497 e. The second-order valence-corrected chi connectivity index (χ2v) is 7.97. The molecule has 6 heteroatoms. The number of benzene rings is 3. The molecule has 168 valence electrons. The van der Waals surface area contributed by atoms with Crippen molar-refractivity contribution in [2.75, 3.05) is 14.2 Å². The summed E-state index contributed by atoms with van der Waals surface area (Å²) in [7, 11) is 3.29. The Morgan fingerprint density at radius 2 is 1.79 bits per heavy atom. The second-order valence-electron chi connectivity index (χ2n) is 7.97. The van der Waals surface area contributed by atoms with Crippen molar-refractivity contribution in [3.05, 3.63) is 100 Å². The third kappa shape index (κ3) is 4.24. The summed E-state index contributed by atoms with van der Waals surface area (Å²) in [6, 6.07) is 21.7. The Labute approximate surface area is 193 Å². The predicted octanol–water partition coefficient (Wildman–Crippen LogP) is 4.79. The highest BCUT2D eigenvalue weighted by Gasteiger charge is 2.25. The van der Waals surface area contributed by atoms with Crippen molar-refractivity contribution in [2.24, 2.45) is 0 Å². The fourth-order valence-corrected chi connectivity index (χ4v) is 3.87. The number of carbonyl (C=O) groups excluding carboxylic acids is 1. The van der Waals surface area contributed by atoms with E-state index in [1.165, 1.54) is 5.56 Å². The Balaban J connectivity index is 1.84. The highest BCUT2D eigenvalue weighted by atomic mass is 16.5. The molecule has 33 heavy (non-hydrogen) atoms. The number of fused-ring (bicyclic) bond motifs is 1. The molecule has 6 nitrogen and oxygen atoms in total. The molecule has 0 radical (unpaired) electrons. The molecule has 1 amide bonds. The van der Waals surface area contributed by atoms with E-state index in [-0.39, 0.29) is 11.5 Å². The van der Waals surface area contributed by atoms with Crippen LogP contribution < -0.4 is 10.3 Å². The SMILES string of the molecule is CCc1ccc(-n2c(C(C)N(C)C(=O)c3cccc(OC)c3)nc3ccccc3c2=O)cc1. The van der Waals surface area contributed by atoms with E-state index in [1.54, 1.807) is 54.0 Å². The molecule has 0 aliphatic rings. The standard InChI is InChI=1S/C27H27N3O3/c1-5-19-13-15-21(16-14-19)30-25(28-24-12-7-6-11-23(24)27(30)32)18(2)29(3)26(31)20-9-8-10-22(17-20)33-4/h6-18H,5H2,1-4H3. The lowest BCUT2D eigenvalue weighted by Crippen LogP contribution is -2.34. The summed E-state index contributed by atoms with van der Waals surface area (Å²) in [5.74, 6) is 0.928. The molecule has 0 aliphatic carbocycles. The van der Waals surface area contributed by atoms with Gasteiger partial charge in [-0.25, -0.2) is 4.98 Å². The summed E-state index contributed by atoms with van der Waals surface area (Å²) in [5, 5.41) is 0.537. The molecule has 0 spiro atoms. The number of aryl methyl sites for hydroxylation is 1. The third-order valence-electron chi connectivity index (χ3n) is 6.00. The lowest BCUT2D eigenvalue weighted by atomic mass is 10.1. The summed E-state index contributed by atoms with van der Waals surface area (Å²) in [5.41, 5.74) is 2.85. The normalized spacial score (nSPS) is 11.9. The average molecular weight is 442 g/mol. The lowest BCUT2D eigenvalue weighted by molar-refractivity contribution is 0.0734. The van der Waals surface area contributed by atoms with Gasteiger partial charge in [-0.1, -0.05) is 37.3 Å². The van der Waals surface area contributed by atoms with Crippen molar-refractivity contribution >= 4 is 16.8 Å². The van der Waals surface area contributed by atoms with Gasteiger partial charge in [0.2, 0.25) is 0 Å². The molecule has 4 aromatic rings. The maximum atomic E-state index is 13.6. The fraction of sp³-hybridized carbons (Fsp3) is 0.222. The Morgan fingerprint density at radius 3 is 2.48 bits per heavy atom. The maximum absolute atomic E-state index is 13.6. The van der Waals surface area contributed by atoms with E-state index in [2.05, 4.69) is 6.92 Å². The van der Waals surface area contributed by atoms with Crippen LogP contribution in [0.2, 0.25) is 0 Å². The molecular weight excluding hydrogens is 414 g/mol. The van der Waals surface area contributed by atoms with Crippen LogP contribution in [-0.4, -0.2) is 34.5 Å². The van der Waals surface area contributed by atoms with Gasteiger partial charge in [0.1, 0.15) is 11.6 Å². The molecule has 0 saturated heterocycles. The van der Waals surface area contributed by atoms with Crippen LogP contribution in [0.25, 0.3) is 16.6 Å². The van der Waals surface area contributed by atoms with Crippen molar-refractivity contribution < 1.29 is 9.53 Å². The van der Waals surface area contributed by atoms with Gasteiger partial charge >= 0.3 is 0 Å². The number of rotatable bonds is 6. The minimum Gasteiger partial charge on any atom is -0.497 e. The topological polar surface area (TPSA) is 64.4 Å². The zero-order chi connectivity index (χ0) is 23.5. The number of amides is 1. The van der Waals surface area contributed by atoms with Gasteiger partial charge < -0.3 is 9.64 Å². The first-order valence-corrected chi connectivity index (χ1v) is 11.0. The van der Waals surface area contributed by atoms with E-state index in [1.807, 2.05) is 49.4 Å². The molecule has 1 heterocycles. The Bertz CT molecular complexity index is 1360. The molecule has 3 aromatic carbocycles. The molecule has 0 saturated carbocycles. The molecule has 0 bridgehead atoms. The minimum absolute atomic E-state index is 0.158. The van der Waals surface area contributed by atoms with Crippen LogP contribution in [0.3, 0.4) is 0 Å². The molecule has 0 N–H and O–H groups in total. The summed E-state index contributed by atoms with van der Waals surface area (Å²) in [6.45, 7) is 3.97. The van der Waals surface area contributed by atoms with Crippen molar-refractivity contribution in [3.63, 3.8) is 0 Å². The predicted molar refractivity (Wildman–Crippen MR) is 130 cm³/mol. The first kappa shape index (κ1) is 22.3. The van der Waals surface area contributed by atoms with E-state index in [0.717, 1.165) is 12.1 Å². The van der Waals surface area contributed by atoms with Crippen molar-refractivity contribution in [1.29, 1.82) is 0 Å². The van der Waals surface area contributed by atoms with Crippen LogP contribution in [0.5, 0.6) is 5.75 Å². The zero-order valence-corrected chi connectivity index (χ0v) is 19.3. The molecule has 4 rings (SSSR count). The van der Waals surface area contributed by atoms with Crippen molar-refractivity contribution in [3.8, 4) is 11.4 Å². The number of hydrogen-bond donors (Lipinski definition) is 0. The zero-order valence-electron chi connectivity index (χ0n) is 19.3. The van der Waals surface area contributed by atoms with Crippen LogP contribution >= 0.6 is 0 Å². The van der Waals surface area contributed by atoms with E-state index >= 15 is 0 Å². The van der Waals surface area contributed by atoms with Crippen LogP contribution in [-0.2, 0) is 6.42 Å². The van der Waals surface area contributed by atoms with E-state index in [0.29, 0.717) is 28.0 Å². The molecular formula is C27H27N3O3. The van der Waals surface area contributed by atoms with E-state index in [9.17, 15) is 9.59 Å². The Hall–Kier alpha value is -3.93. The lowest BCUT2D eigenvalue weighted by Gasteiger charge is -2.27. The van der Waals surface area contributed by atoms with Gasteiger partial charge in [-0.3, -0.25) is 14.2 Å². The van der Waals surface area contributed by atoms with Crippen LogP contribution in [0.15, 0.2) is 77.6 Å². The number of ether oxygens (including phenoxy) is 1. The van der Waals surface area contributed by atoms with Crippen molar-refractivity contribution in [2.45, 2.75) is 26.3 Å².